The van der Waals surface area contributed by atoms with Crippen LogP contribution in [0, 0.1) is 0 Å². The highest BCUT2D eigenvalue weighted by atomic mass is 16.6. The second kappa shape index (κ2) is 5.53. The average Bonchev–Trinajstić information content (AvgIpc) is 2.72. The van der Waals surface area contributed by atoms with Crippen LogP contribution in [0.2, 0.25) is 0 Å². The van der Waals surface area contributed by atoms with Gasteiger partial charge in [0, 0.05) is 0 Å². The molecule has 0 spiro atoms. The highest BCUT2D eigenvalue weighted by molar-refractivity contribution is 5.84. The predicted molar refractivity (Wildman–Crippen MR) is 83.9 cm³/mol. The van der Waals surface area contributed by atoms with Gasteiger partial charge in [-0.1, -0.05) is 30.3 Å². The zero-order chi connectivity index (χ0) is 17.5. The number of carbonyl (C=O) groups excluding carboxylic acids is 1. The van der Waals surface area contributed by atoms with E-state index in [9.17, 15) is 14.7 Å². The van der Waals surface area contributed by atoms with Crippen molar-refractivity contribution in [3.8, 4) is 0 Å². The second-order valence-corrected chi connectivity index (χ2v) is 7.03. The minimum atomic E-state index is -1.78. The van der Waals surface area contributed by atoms with Gasteiger partial charge in [0.05, 0.1) is 12.1 Å². The minimum Gasteiger partial charge on any atom is -0.478 e. The maximum absolute atomic E-state index is 12.7. The molecule has 1 fully saturated rings. The van der Waals surface area contributed by atoms with Crippen LogP contribution in [0.5, 0.6) is 0 Å². The van der Waals surface area contributed by atoms with Crippen LogP contribution in [-0.4, -0.2) is 40.0 Å². The van der Waals surface area contributed by atoms with E-state index < -0.39 is 28.9 Å². The molecule has 1 N–H and O–H groups in total. The molecular formula is C17H23NO5. The molecule has 0 aliphatic carbocycles. The highest BCUT2D eigenvalue weighted by Crippen LogP contribution is 2.43. The van der Waals surface area contributed by atoms with E-state index in [1.54, 1.807) is 27.7 Å². The number of rotatable bonds is 2. The summed E-state index contributed by atoms with van der Waals surface area (Å²) in [5.74, 6) is -1.23. The Labute approximate surface area is 136 Å². The van der Waals surface area contributed by atoms with Crippen molar-refractivity contribution in [3.05, 3.63) is 35.9 Å². The fourth-order valence-corrected chi connectivity index (χ4v) is 2.73. The van der Waals surface area contributed by atoms with Crippen molar-refractivity contribution in [1.82, 2.24) is 4.90 Å². The van der Waals surface area contributed by atoms with Gasteiger partial charge in [0.15, 0.2) is 0 Å². The number of carboxylic acid groups (broad SMARTS) is 1. The molecule has 2 rings (SSSR count). The van der Waals surface area contributed by atoms with E-state index in [4.69, 9.17) is 9.47 Å². The molecule has 6 nitrogen and oxygen atoms in total. The number of carbonyl (C=O) groups is 2. The quantitative estimate of drug-likeness (QED) is 0.906. The highest BCUT2D eigenvalue weighted by Gasteiger charge is 2.60. The zero-order valence-electron chi connectivity index (χ0n) is 14.1. The minimum absolute atomic E-state index is 0.0685. The van der Waals surface area contributed by atoms with Crippen molar-refractivity contribution in [3.63, 3.8) is 0 Å². The van der Waals surface area contributed by atoms with Gasteiger partial charge in [-0.3, -0.25) is 4.90 Å². The third-order valence-corrected chi connectivity index (χ3v) is 3.92. The van der Waals surface area contributed by atoms with Gasteiger partial charge in [-0.25, -0.2) is 9.59 Å². The lowest BCUT2D eigenvalue weighted by molar-refractivity contribution is -0.172. The molecule has 1 aromatic rings. The molecule has 1 aliphatic rings. The number of hydrogen-bond donors (Lipinski definition) is 1. The van der Waals surface area contributed by atoms with Crippen LogP contribution in [0.1, 0.15) is 40.2 Å². The smallest absolute Gasteiger partial charge is 0.413 e. The molecule has 126 valence electrons. The molecule has 1 heterocycles. The largest absolute Gasteiger partial charge is 0.478 e. The van der Waals surface area contributed by atoms with Gasteiger partial charge >= 0.3 is 12.1 Å². The van der Waals surface area contributed by atoms with Crippen LogP contribution in [0.3, 0.4) is 0 Å². The van der Waals surface area contributed by atoms with E-state index in [-0.39, 0.29) is 6.61 Å². The molecule has 1 aromatic carbocycles. The van der Waals surface area contributed by atoms with Crippen LogP contribution >= 0.6 is 0 Å². The second-order valence-electron chi connectivity index (χ2n) is 7.03. The van der Waals surface area contributed by atoms with Gasteiger partial charge in [-0.05, 0) is 40.2 Å². The van der Waals surface area contributed by atoms with E-state index in [1.807, 2.05) is 30.3 Å². The molecule has 0 saturated carbocycles. The van der Waals surface area contributed by atoms with E-state index in [2.05, 4.69) is 0 Å². The summed E-state index contributed by atoms with van der Waals surface area (Å²) in [5, 5.41) is 9.59. The summed E-state index contributed by atoms with van der Waals surface area (Å²) < 4.78 is 11.0. The molecule has 2 atom stereocenters. The normalized spacial score (nSPS) is 27.8. The van der Waals surface area contributed by atoms with Crippen LogP contribution in [0.4, 0.5) is 4.79 Å². The first-order chi connectivity index (χ1) is 10.5. The van der Waals surface area contributed by atoms with Crippen LogP contribution in [0.15, 0.2) is 30.3 Å². The van der Waals surface area contributed by atoms with Crippen LogP contribution < -0.4 is 0 Å². The molecule has 6 heteroatoms. The summed E-state index contributed by atoms with van der Waals surface area (Å²) in [5.41, 5.74) is -2.67. The predicted octanol–water partition coefficient (Wildman–Crippen LogP) is 2.97. The van der Waals surface area contributed by atoms with Gasteiger partial charge in [0.1, 0.15) is 5.60 Å². The number of carboxylic acids is 1. The summed E-state index contributed by atoms with van der Waals surface area (Å²) >= 11 is 0. The molecular weight excluding hydrogens is 298 g/mol. The first-order valence-electron chi connectivity index (χ1n) is 7.47. The molecule has 0 aromatic heterocycles. The summed E-state index contributed by atoms with van der Waals surface area (Å²) in [6.45, 7) is 8.42. The van der Waals surface area contributed by atoms with Crippen LogP contribution in [0.25, 0.3) is 0 Å². The van der Waals surface area contributed by atoms with E-state index in [0.29, 0.717) is 0 Å². The van der Waals surface area contributed by atoms with E-state index in [0.717, 1.165) is 5.56 Å². The molecule has 0 bridgehead atoms. The number of nitrogens with zero attached hydrogens (tertiary/aromatic N) is 1. The average molecular weight is 321 g/mol. The van der Waals surface area contributed by atoms with Crippen molar-refractivity contribution >= 4 is 12.1 Å². The maximum Gasteiger partial charge on any atom is 0.413 e. The Hall–Kier alpha value is -2.08. The van der Waals surface area contributed by atoms with Gasteiger partial charge in [-0.2, -0.15) is 0 Å². The van der Waals surface area contributed by atoms with Crippen molar-refractivity contribution in [1.29, 1.82) is 0 Å². The lowest BCUT2D eigenvalue weighted by Gasteiger charge is -2.40. The Morgan fingerprint density at radius 1 is 1.22 bits per heavy atom. The number of hydrogen-bond acceptors (Lipinski definition) is 4. The molecule has 23 heavy (non-hydrogen) atoms. The summed E-state index contributed by atoms with van der Waals surface area (Å²) in [6.07, 6.45) is -0.716. The number of amides is 1. The first-order valence-corrected chi connectivity index (χ1v) is 7.47. The summed E-state index contributed by atoms with van der Waals surface area (Å²) in [7, 11) is 0. The number of ether oxygens (including phenoxy) is 2. The lowest BCUT2D eigenvalue weighted by Crippen LogP contribution is -2.58. The lowest BCUT2D eigenvalue weighted by atomic mass is 9.91. The SMILES string of the molecule is CC(C)(C)OC(=O)N1[C@@](C)(C(=O)O)OC[C@]1(C)c1ccccc1. The third-order valence-electron chi connectivity index (χ3n) is 3.92. The van der Waals surface area contributed by atoms with Crippen LogP contribution in [-0.2, 0) is 19.8 Å². The Balaban J connectivity index is 2.51. The Bertz CT molecular complexity index is 609. The monoisotopic (exact) mass is 321 g/mol. The molecule has 1 aliphatic heterocycles. The molecule has 1 saturated heterocycles. The van der Waals surface area contributed by atoms with Gasteiger partial charge in [0.2, 0.25) is 5.72 Å². The molecule has 0 unspecified atom stereocenters. The molecule has 1 amide bonds. The van der Waals surface area contributed by atoms with Gasteiger partial charge in [-0.15, -0.1) is 0 Å². The number of benzene rings is 1. The fraction of sp³-hybridized carbons (Fsp3) is 0.529. The Morgan fingerprint density at radius 2 is 1.78 bits per heavy atom. The Morgan fingerprint density at radius 3 is 2.26 bits per heavy atom. The standard InChI is InChI=1S/C17H23NO5/c1-15(2,3)23-14(21)18-16(4,12-9-7-6-8-10-12)11-22-17(18,5)13(19)20/h6-10H,11H2,1-5H3,(H,19,20)/t16-,17-/m1/s1. The van der Waals surface area contributed by atoms with Crippen molar-refractivity contribution in [2.24, 2.45) is 0 Å². The van der Waals surface area contributed by atoms with E-state index >= 15 is 0 Å². The summed E-state index contributed by atoms with van der Waals surface area (Å²) in [4.78, 5) is 25.7. The third kappa shape index (κ3) is 3.03. The zero-order valence-corrected chi connectivity index (χ0v) is 14.1. The van der Waals surface area contributed by atoms with Crippen molar-refractivity contribution in [2.45, 2.75) is 51.5 Å². The molecule has 0 radical (unpaired) electrons. The fourth-order valence-electron chi connectivity index (χ4n) is 2.73. The van der Waals surface area contributed by atoms with Gasteiger partial charge in [0.25, 0.3) is 0 Å². The summed E-state index contributed by atoms with van der Waals surface area (Å²) in [6, 6.07) is 9.22. The Kier molecular flexibility index (Phi) is 4.15. The topological polar surface area (TPSA) is 76.1 Å². The first kappa shape index (κ1) is 17.3. The number of aliphatic carboxylic acids is 1. The van der Waals surface area contributed by atoms with Gasteiger partial charge < -0.3 is 14.6 Å². The van der Waals surface area contributed by atoms with Crippen molar-refractivity contribution in [2.75, 3.05) is 6.61 Å². The maximum atomic E-state index is 12.7. The van der Waals surface area contributed by atoms with Crippen molar-refractivity contribution < 1.29 is 24.2 Å². The van der Waals surface area contributed by atoms with E-state index in [1.165, 1.54) is 11.8 Å².